The van der Waals surface area contributed by atoms with E-state index in [1.807, 2.05) is 0 Å². The van der Waals surface area contributed by atoms with Gasteiger partial charge in [-0.1, -0.05) is 33.6 Å². The summed E-state index contributed by atoms with van der Waals surface area (Å²) in [5, 5.41) is 0. The van der Waals surface area contributed by atoms with Crippen molar-refractivity contribution in [2.24, 2.45) is 5.73 Å². The van der Waals surface area contributed by atoms with Crippen molar-refractivity contribution in [2.45, 2.75) is 52.9 Å². The zero-order chi connectivity index (χ0) is 11.2. The standard InChI is InChI=1S/C8H18O.C3H7NO/c1-3-5-7-9-8-6-4-2;1-2-3(4)5/h3-8H2,1-2H3;2H2,1H3,(H2,4,5). The van der Waals surface area contributed by atoms with E-state index in [1.54, 1.807) is 6.92 Å². The minimum atomic E-state index is -0.245. The van der Waals surface area contributed by atoms with Crippen LogP contribution < -0.4 is 5.73 Å². The van der Waals surface area contributed by atoms with Crippen LogP contribution in [-0.2, 0) is 9.53 Å². The molecule has 0 rings (SSSR count). The predicted octanol–water partition coefficient (Wildman–Crippen LogP) is 2.48. The van der Waals surface area contributed by atoms with E-state index in [0.717, 1.165) is 13.2 Å². The van der Waals surface area contributed by atoms with Gasteiger partial charge >= 0.3 is 0 Å². The average molecular weight is 203 g/mol. The van der Waals surface area contributed by atoms with Crippen LogP contribution in [0.2, 0.25) is 0 Å². The molecule has 0 atom stereocenters. The minimum absolute atomic E-state index is 0.245. The molecule has 1 amide bonds. The van der Waals surface area contributed by atoms with E-state index in [0.29, 0.717) is 6.42 Å². The molecule has 0 saturated carbocycles. The molecule has 3 nitrogen and oxygen atoms in total. The van der Waals surface area contributed by atoms with E-state index in [9.17, 15) is 4.79 Å². The Morgan fingerprint density at radius 2 is 1.43 bits per heavy atom. The van der Waals surface area contributed by atoms with Crippen LogP contribution in [0.25, 0.3) is 0 Å². The fourth-order valence-corrected chi connectivity index (χ4v) is 0.595. The number of primary amides is 1. The predicted molar refractivity (Wildman–Crippen MR) is 60.1 cm³/mol. The van der Waals surface area contributed by atoms with Crippen LogP contribution >= 0.6 is 0 Å². The summed E-state index contributed by atoms with van der Waals surface area (Å²) < 4.78 is 5.31. The number of unbranched alkanes of at least 4 members (excludes halogenated alkanes) is 2. The Morgan fingerprint density at radius 1 is 1.07 bits per heavy atom. The fourth-order valence-electron chi connectivity index (χ4n) is 0.595. The summed E-state index contributed by atoms with van der Waals surface area (Å²) >= 11 is 0. The lowest BCUT2D eigenvalue weighted by molar-refractivity contribution is -0.117. The summed E-state index contributed by atoms with van der Waals surface area (Å²) in [6.45, 7) is 8.00. The van der Waals surface area contributed by atoms with Gasteiger partial charge in [0.25, 0.3) is 0 Å². The van der Waals surface area contributed by atoms with Crippen molar-refractivity contribution in [1.82, 2.24) is 0 Å². The van der Waals surface area contributed by atoms with Gasteiger partial charge in [-0.25, -0.2) is 0 Å². The van der Waals surface area contributed by atoms with Gasteiger partial charge in [0.05, 0.1) is 0 Å². The number of hydrogen-bond acceptors (Lipinski definition) is 2. The van der Waals surface area contributed by atoms with E-state index >= 15 is 0 Å². The molecule has 0 aliphatic heterocycles. The summed E-state index contributed by atoms with van der Waals surface area (Å²) in [5.41, 5.74) is 4.65. The number of ether oxygens (including phenoxy) is 1. The van der Waals surface area contributed by atoms with Crippen LogP contribution in [0.4, 0.5) is 0 Å². The minimum Gasteiger partial charge on any atom is -0.381 e. The normalized spacial score (nSPS) is 9.07. The van der Waals surface area contributed by atoms with Gasteiger partial charge in [-0.15, -0.1) is 0 Å². The quantitative estimate of drug-likeness (QED) is 0.646. The molecule has 0 radical (unpaired) electrons. The third kappa shape index (κ3) is 22.5. The van der Waals surface area contributed by atoms with Gasteiger partial charge in [0.2, 0.25) is 5.91 Å². The Morgan fingerprint density at radius 3 is 1.64 bits per heavy atom. The molecule has 0 fully saturated rings. The molecule has 0 saturated heterocycles. The van der Waals surface area contributed by atoms with Crippen LogP contribution in [0.3, 0.4) is 0 Å². The molecule has 0 bridgehead atoms. The SMILES string of the molecule is CCC(N)=O.CCCCOCCCC. The number of nitrogens with two attached hydrogens (primary N) is 1. The summed E-state index contributed by atoms with van der Waals surface area (Å²) in [7, 11) is 0. The lowest BCUT2D eigenvalue weighted by Gasteiger charge is -1.99. The number of amides is 1. The third-order valence-electron chi connectivity index (χ3n) is 1.63. The van der Waals surface area contributed by atoms with E-state index in [4.69, 9.17) is 4.74 Å². The summed E-state index contributed by atoms with van der Waals surface area (Å²) in [6.07, 6.45) is 5.35. The van der Waals surface area contributed by atoms with Crippen LogP contribution in [0.15, 0.2) is 0 Å². The average Bonchev–Trinajstić information content (AvgIpc) is 2.19. The molecule has 0 aromatic heterocycles. The summed E-state index contributed by atoms with van der Waals surface area (Å²) in [4.78, 5) is 9.59. The van der Waals surface area contributed by atoms with Gasteiger partial charge in [0, 0.05) is 19.6 Å². The van der Waals surface area contributed by atoms with Crippen molar-refractivity contribution in [3.05, 3.63) is 0 Å². The molecule has 3 heteroatoms. The first-order valence-corrected chi connectivity index (χ1v) is 5.55. The maximum atomic E-state index is 9.59. The Hall–Kier alpha value is -0.570. The Balaban J connectivity index is 0. The Labute approximate surface area is 88.0 Å². The molecule has 2 N–H and O–H groups in total. The zero-order valence-electron chi connectivity index (χ0n) is 9.84. The summed E-state index contributed by atoms with van der Waals surface area (Å²) in [6, 6.07) is 0. The van der Waals surface area contributed by atoms with Crippen molar-refractivity contribution in [3.63, 3.8) is 0 Å². The molecule has 0 aliphatic carbocycles. The van der Waals surface area contributed by atoms with E-state index in [1.165, 1.54) is 25.7 Å². The first-order chi connectivity index (χ1) is 6.68. The molecular weight excluding hydrogens is 178 g/mol. The van der Waals surface area contributed by atoms with Crippen molar-refractivity contribution in [2.75, 3.05) is 13.2 Å². The maximum Gasteiger partial charge on any atom is 0.217 e. The molecule has 0 unspecified atom stereocenters. The Kier molecular flexibility index (Phi) is 16.9. The van der Waals surface area contributed by atoms with E-state index in [2.05, 4.69) is 19.6 Å². The van der Waals surface area contributed by atoms with Gasteiger partial charge in [0.1, 0.15) is 0 Å². The fraction of sp³-hybridized carbons (Fsp3) is 0.909. The third-order valence-corrected chi connectivity index (χ3v) is 1.63. The number of carbonyl (C=O) groups is 1. The highest BCUT2D eigenvalue weighted by molar-refractivity contribution is 5.73. The van der Waals surface area contributed by atoms with Crippen LogP contribution in [0, 0.1) is 0 Å². The molecular formula is C11H25NO2. The van der Waals surface area contributed by atoms with E-state index < -0.39 is 0 Å². The van der Waals surface area contributed by atoms with Gasteiger partial charge < -0.3 is 10.5 Å². The topological polar surface area (TPSA) is 52.3 Å². The molecule has 0 spiro atoms. The monoisotopic (exact) mass is 203 g/mol. The molecule has 14 heavy (non-hydrogen) atoms. The Bertz CT molecular complexity index is 110. The highest BCUT2D eigenvalue weighted by atomic mass is 16.5. The number of hydrogen-bond donors (Lipinski definition) is 1. The van der Waals surface area contributed by atoms with Crippen LogP contribution in [-0.4, -0.2) is 19.1 Å². The van der Waals surface area contributed by atoms with Crippen molar-refractivity contribution >= 4 is 5.91 Å². The second-order valence-electron chi connectivity index (χ2n) is 3.14. The van der Waals surface area contributed by atoms with Gasteiger partial charge in [-0.2, -0.15) is 0 Å². The number of carbonyl (C=O) groups excluding carboxylic acids is 1. The van der Waals surface area contributed by atoms with Crippen molar-refractivity contribution in [3.8, 4) is 0 Å². The van der Waals surface area contributed by atoms with Gasteiger partial charge in [-0.05, 0) is 12.8 Å². The molecule has 86 valence electrons. The van der Waals surface area contributed by atoms with Crippen LogP contribution in [0.5, 0.6) is 0 Å². The smallest absolute Gasteiger partial charge is 0.217 e. The van der Waals surface area contributed by atoms with Crippen molar-refractivity contribution < 1.29 is 9.53 Å². The maximum absolute atomic E-state index is 9.59. The highest BCUT2D eigenvalue weighted by Gasteiger charge is 1.84. The lowest BCUT2D eigenvalue weighted by atomic mass is 10.3. The van der Waals surface area contributed by atoms with E-state index in [-0.39, 0.29) is 5.91 Å². The molecule has 0 aromatic rings. The first-order valence-electron chi connectivity index (χ1n) is 5.55. The molecule has 0 aliphatic rings. The van der Waals surface area contributed by atoms with Gasteiger partial charge in [-0.3, -0.25) is 4.79 Å². The molecule has 0 aromatic carbocycles. The zero-order valence-corrected chi connectivity index (χ0v) is 9.84. The largest absolute Gasteiger partial charge is 0.381 e. The van der Waals surface area contributed by atoms with Crippen LogP contribution in [0.1, 0.15) is 52.9 Å². The molecule has 0 heterocycles. The second-order valence-corrected chi connectivity index (χ2v) is 3.14. The highest BCUT2D eigenvalue weighted by Crippen LogP contribution is 1.91. The summed E-state index contributed by atoms with van der Waals surface area (Å²) in [5.74, 6) is -0.245. The lowest BCUT2D eigenvalue weighted by Crippen LogP contribution is -2.06. The number of rotatable bonds is 7. The van der Waals surface area contributed by atoms with Gasteiger partial charge in [0.15, 0.2) is 0 Å². The second kappa shape index (κ2) is 14.9. The first kappa shape index (κ1) is 15.9. The van der Waals surface area contributed by atoms with Crippen molar-refractivity contribution in [1.29, 1.82) is 0 Å².